The molecular weight excluding hydrogens is 250 g/mol. The van der Waals surface area contributed by atoms with E-state index in [2.05, 4.69) is 11.8 Å². The van der Waals surface area contributed by atoms with E-state index >= 15 is 0 Å². The summed E-state index contributed by atoms with van der Waals surface area (Å²) in [5.74, 6) is 6.73. The van der Waals surface area contributed by atoms with Crippen LogP contribution < -0.4 is 10.5 Å². The van der Waals surface area contributed by atoms with Gasteiger partial charge in [-0.3, -0.25) is 4.79 Å². The van der Waals surface area contributed by atoms with Crippen LogP contribution in [0.4, 0.5) is 0 Å². The smallest absolute Gasteiger partial charge is 0.227 e. The van der Waals surface area contributed by atoms with Gasteiger partial charge in [0.2, 0.25) is 5.91 Å². The van der Waals surface area contributed by atoms with Gasteiger partial charge in [0.05, 0.1) is 12.9 Å². The van der Waals surface area contributed by atoms with Gasteiger partial charge in [-0.2, -0.15) is 0 Å². The van der Waals surface area contributed by atoms with Crippen LogP contribution in [0.2, 0.25) is 0 Å². The Kier molecular flexibility index (Phi) is 6.12. The SMILES string of the molecule is COc1ccc(C#CCO)cc1CSCC(N)=O. The molecule has 0 bridgehead atoms. The Morgan fingerprint density at radius 1 is 1.56 bits per heavy atom. The number of carbonyl (C=O) groups is 1. The molecule has 18 heavy (non-hydrogen) atoms. The number of benzene rings is 1. The third-order valence-electron chi connectivity index (χ3n) is 2.09. The molecular formula is C13H15NO3S. The van der Waals surface area contributed by atoms with Crippen LogP contribution in [0.15, 0.2) is 18.2 Å². The minimum absolute atomic E-state index is 0.169. The van der Waals surface area contributed by atoms with Crippen molar-refractivity contribution in [3.63, 3.8) is 0 Å². The molecule has 1 aromatic carbocycles. The van der Waals surface area contributed by atoms with Crippen LogP contribution in [-0.2, 0) is 10.5 Å². The van der Waals surface area contributed by atoms with Crippen LogP contribution in [0.5, 0.6) is 5.75 Å². The fourth-order valence-electron chi connectivity index (χ4n) is 1.37. The number of amides is 1. The Balaban J connectivity index is 2.81. The third-order valence-corrected chi connectivity index (χ3v) is 3.10. The van der Waals surface area contributed by atoms with Crippen molar-refractivity contribution in [3.8, 4) is 17.6 Å². The van der Waals surface area contributed by atoms with Crippen molar-refractivity contribution in [2.24, 2.45) is 5.73 Å². The molecule has 1 amide bonds. The summed E-state index contributed by atoms with van der Waals surface area (Å²) in [5, 5.41) is 8.65. The molecule has 3 N–H and O–H groups in total. The van der Waals surface area contributed by atoms with Gasteiger partial charge < -0.3 is 15.6 Å². The maximum atomic E-state index is 10.7. The maximum absolute atomic E-state index is 10.7. The van der Waals surface area contributed by atoms with Crippen LogP contribution in [-0.4, -0.2) is 30.5 Å². The minimum Gasteiger partial charge on any atom is -0.496 e. The van der Waals surface area contributed by atoms with E-state index in [9.17, 15) is 4.79 Å². The summed E-state index contributed by atoms with van der Waals surface area (Å²) in [5.41, 5.74) is 6.84. The van der Waals surface area contributed by atoms with Crippen LogP contribution >= 0.6 is 11.8 Å². The molecule has 0 saturated heterocycles. The Bertz CT molecular complexity index is 477. The number of ether oxygens (including phenoxy) is 1. The fraction of sp³-hybridized carbons (Fsp3) is 0.308. The highest BCUT2D eigenvalue weighted by Gasteiger charge is 2.05. The van der Waals surface area contributed by atoms with Crippen molar-refractivity contribution in [1.29, 1.82) is 0 Å². The molecule has 1 aromatic rings. The average Bonchev–Trinajstić information content (AvgIpc) is 2.36. The summed E-state index contributed by atoms with van der Waals surface area (Å²) >= 11 is 1.42. The standard InChI is InChI=1S/C13H15NO3S/c1-17-12-5-4-10(3-2-6-15)7-11(12)8-18-9-13(14)16/h4-5,7,15H,6,8-9H2,1H3,(H2,14,16). The normalized spacial score (nSPS) is 9.44. The van der Waals surface area contributed by atoms with E-state index in [4.69, 9.17) is 15.6 Å². The van der Waals surface area contributed by atoms with Gasteiger partial charge in [-0.15, -0.1) is 11.8 Å². The number of aliphatic hydroxyl groups excluding tert-OH is 1. The molecule has 0 saturated carbocycles. The Morgan fingerprint density at radius 3 is 2.94 bits per heavy atom. The van der Waals surface area contributed by atoms with Crippen molar-refractivity contribution in [2.75, 3.05) is 19.5 Å². The first-order valence-corrected chi connectivity index (χ1v) is 6.45. The van der Waals surface area contributed by atoms with Crippen molar-refractivity contribution in [1.82, 2.24) is 0 Å². The monoisotopic (exact) mass is 265 g/mol. The molecule has 0 radical (unpaired) electrons. The maximum Gasteiger partial charge on any atom is 0.227 e. The van der Waals surface area contributed by atoms with Crippen LogP contribution in [0.25, 0.3) is 0 Å². The molecule has 5 heteroatoms. The topological polar surface area (TPSA) is 72.6 Å². The van der Waals surface area contributed by atoms with Gasteiger partial charge in [0.15, 0.2) is 0 Å². The summed E-state index contributed by atoms with van der Waals surface area (Å²) in [7, 11) is 1.59. The van der Waals surface area contributed by atoms with E-state index in [1.54, 1.807) is 7.11 Å². The molecule has 0 aromatic heterocycles. The molecule has 4 nitrogen and oxygen atoms in total. The van der Waals surface area contributed by atoms with Gasteiger partial charge in [-0.1, -0.05) is 11.8 Å². The first kappa shape index (κ1) is 14.4. The van der Waals surface area contributed by atoms with Crippen LogP contribution in [0.1, 0.15) is 11.1 Å². The van der Waals surface area contributed by atoms with Gasteiger partial charge in [0.25, 0.3) is 0 Å². The predicted octanol–water partition coefficient (Wildman–Crippen LogP) is 0.758. The number of nitrogens with two attached hydrogens (primary N) is 1. The lowest BCUT2D eigenvalue weighted by atomic mass is 10.1. The highest BCUT2D eigenvalue weighted by Crippen LogP contribution is 2.24. The van der Waals surface area contributed by atoms with E-state index in [-0.39, 0.29) is 18.3 Å². The molecule has 0 spiro atoms. The summed E-state index contributed by atoms with van der Waals surface area (Å²) in [6, 6.07) is 5.53. The largest absolute Gasteiger partial charge is 0.496 e. The molecule has 0 aliphatic carbocycles. The molecule has 96 valence electrons. The summed E-state index contributed by atoms with van der Waals surface area (Å²) in [6.45, 7) is -0.169. The van der Waals surface area contributed by atoms with E-state index < -0.39 is 0 Å². The number of thioether (sulfide) groups is 1. The quantitative estimate of drug-likeness (QED) is 0.771. The van der Waals surface area contributed by atoms with Crippen LogP contribution in [0, 0.1) is 11.8 Å². The van der Waals surface area contributed by atoms with Crippen molar-refractivity contribution in [3.05, 3.63) is 29.3 Å². The van der Waals surface area contributed by atoms with E-state index in [0.29, 0.717) is 5.75 Å². The number of hydrogen-bond acceptors (Lipinski definition) is 4. The number of carbonyl (C=O) groups excluding carboxylic acids is 1. The summed E-state index contributed by atoms with van der Waals surface area (Å²) in [4.78, 5) is 10.7. The highest BCUT2D eigenvalue weighted by molar-refractivity contribution is 7.99. The lowest BCUT2D eigenvalue weighted by Gasteiger charge is -2.08. The molecule has 1 rings (SSSR count). The highest BCUT2D eigenvalue weighted by atomic mass is 32.2. The molecule has 0 heterocycles. The number of methoxy groups -OCH3 is 1. The van der Waals surface area contributed by atoms with Crippen LogP contribution in [0.3, 0.4) is 0 Å². The lowest BCUT2D eigenvalue weighted by molar-refractivity contribution is -0.115. The Morgan fingerprint density at radius 2 is 2.33 bits per heavy atom. The zero-order valence-corrected chi connectivity index (χ0v) is 10.9. The predicted molar refractivity (Wildman–Crippen MR) is 72.3 cm³/mol. The first-order chi connectivity index (χ1) is 8.67. The lowest BCUT2D eigenvalue weighted by Crippen LogP contribution is -2.13. The van der Waals surface area contributed by atoms with Gasteiger partial charge >= 0.3 is 0 Å². The molecule has 0 fully saturated rings. The summed E-state index contributed by atoms with van der Waals surface area (Å²) in [6.07, 6.45) is 0. The second kappa shape index (κ2) is 7.64. The van der Waals surface area contributed by atoms with E-state index in [0.717, 1.165) is 16.9 Å². The van der Waals surface area contributed by atoms with E-state index in [1.165, 1.54) is 11.8 Å². The average molecular weight is 265 g/mol. The number of primary amides is 1. The fourth-order valence-corrected chi connectivity index (χ4v) is 2.12. The molecule has 0 aliphatic rings. The van der Waals surface area contributed by atoms with Crippen molar-refractivity contribution < 1.29 is 14.6 Å². The van der Waals surface area contributed by atoms with Gasteiger partial charge in [-0.05, 0) is 18.2 Å². The van der Waals surface area contributed by atoms with Crippen molar-refractivity contribution >= 4 is 17.7 Å². The van der Waals surface area contributed by atoms with Crippen molar-refractivity contribution in [2.45, 2.75) is 5.75 Å². The second-order valence-electron chi connectivity index (χ2n) is 3.45. The summed E-state index contributed by atoms with van der Waals surface area (Å²) < 4.78 is 5.24. The number of aliphatic hydroxyl groups is 1. The Labute approximate surface area is 111 Å². The van der Waals surface area contributed by atoms with E-state index in [1.807, 2.05) is 18.2 Å². The molecule has 0 unspecified atom stereocenters. The van der Waals surface area contributed by atoms with Gasteiger partial charge in [0.1, 0.15) is 12.4 Å². The first-order valence-electron chi connectivity index (χ1n) is 5.30. The zero-order chi connectivity index (χ0) is 13.4. The molecule has 0 atom stereocenters. The van der Waals surface area contributed by atoms with Gasteiger partial charge in [-0.25, -0.2) is 0 Å². The number of hydrogen-bond donors (Lipinski definition) is 2. The second-order valence-corrected chi connectivity index (χ2v) is 4.43. The Hall–Kier alpha value is -1.64. The molecule has 0 aliphatic heterocycles. The van der Waals surface area contributed by atoms with Gasteiger partial charge in [0, 0.05) is 16.9 Å². The number of rotatable bonds is 5. The minimum atomic E-state index is -0.338. The zero-order valence-electron chi connectivity index (χ0n) is 10.1. The third kappa shape index (κ3) is 4.70.